The van der Waals surface area contributed by atoms with Crippen molar-refractivity contribution in [2.24, 2.45) is 0 Å². The van der Waals surface area contributed by atoms with Crippen LogP contribution in [0.4, 0.5) is 0 Å². The van der Waals surface area contributed by atoms with Crippen LogP contribution in [-0.4, -0.2) is 12.1 Å². The molecule has 2 rings (SSSR count). The van der Waals surface area contributed by atoms with Crippen LogP contribution >= 0.6 is 11.3 Å². The average Bonchev–Trinajstić information content (AvgIpc) is 2.58. The van der Waals surface area contributed by atoms with Crippen LogP contribution in [0.2, 0.25) is 0 Å². The lowest BCUT2D eigenvalue weighted by Gasteiger charge is -2.05. The van der Waals surface area contributed by atoms with Gasteiger partial charge in [-0.2, -0.15) is 0 Å². The molecule has 1 aromatic rings. The zero-order chi connectivity index (χ0) is 10.1. The predicted octanol–water partition coefficient (Wildman–Crippen LogP) is 2.80. The minimum Gasteiger partial charge on any atom is -0.459 e. The van der Waals surface area contributed by atoms with Gasteiger partial charge in [-0.3, -0.25) is 0 Å². The fraction of sp³-hybridized carbons (Fsp3) is 0.545. The van der Waals surface area contributed by atoms with Gasteiger partial charge in [0.15, 0.2) is 0 Å². The molecule has 1 aliphatic carbocycles. The van der Waals surface area contributed by atoms with Crippen LogP contribution in [0.25, 0.3) is 0 Å². The van der Waals surface area contributed by atoms with E-state index in [0.29, 0.717) is 0 Å². The summed E-state index contributed by atoms with van der Waals surface area (Å²) in [5.41, 5.74) is 1.35. The fourth-order valence-electron chi connectivity index (χ4n) is 1.70. The Balaban J connectivity index is 2.13. The van der Waals surface area contributed by atoms with E-state index in [1.807, 2.05) is 19.9 Å². The standard InChI is InChI=1S/C11H14O2S/c1-7(2)13-11(12)10-6-8-4-3-5-9(8)14-10/h6-7H,3-5H2,1-2H3. The van der Waals surface area contributed by atoms with E-state index in [4.69, 9.17) is 4.74 Å². The number of esters is 1. The highest BCUT2D eigenvalue weighted by Crippen LogP contribution is 2.30. The molecule has 0 unspecified atom stereocenters. The van der Waals surface area contributed by atoms with Crippen LogP contribution < -0.4 is 0 Å². The first-order valence-electron chi connectivity index (χ1n) is 4.99. The van der Waals surface area contributed by atoms with Gasteiger partial charge in [-0.1, -0.05) is 0 Å². The van der Waals surface area contributed by atoms with Gasteiger partial charge in [0.25, 0.3) is 0 Å². The molecule has 0 N–H and O–H groups in total. The molecule has 0 bridgehead atoms. The largest absolute Gasteiger partial charge is 0.459 e. The highest BCUT2D eigenvalue weighted by Gasteiger charge is 2.19. The second-order valence-electron chi connectivity index (χ2n) is 3.87. The molecule has 0 atom stereocenters. The van der Waals surface area contributed by atoms with Gasteiger partial charge in [0, 0.05) is 4.88 Å². The third kappa shape index (κ3) is 1.82. The highest BCUT2D eigenvalue weighted by atomic mass is 32.1. The summed E-state index contributed by atoms with van der Waals surface area (Å²) in [5.74, 6) is -0.167. The number of carbonyl (C=O) groups is 1. The lowest BCUT2D eigenvalue weighted by atomic mass is 10.2. The topological polar surface area (TPSA) is 26.3 Å². The zero-order valence-electron chi connectivity index (χ0n) is 8.50. The van der Waals surface area contributed by atoms with Crippen molar-refractivity contribution in [1.29, 1.82) is 0 Å². The van der Waals surface area contributed by atoms with Crippen molar-refractivity contribution in [1.82, 2.24) is 0 Å². The number of carbonyl (C=O) groups excluding carboxylic acids is 1. The Bertz CT molecular complexity index is 331. The molecule has 0 amide bonds. The molecule has 0 aromatic carbocycles. The lowest BCUT2D eigenvalue weighted by Crippen LogP contribution is -2.10. The number of ether oxygens (including phenoxy) is 1. The lowest BCUT2D eigenvalue weighted by molar-refractivity contribution is 0.0383. The van der Waals surface area contributed by atoms with Crippen LogP contribution in [-0.2, 0) is 17.6 Å². The number of aryl methyl sites for hydroxylation is 2. The van der Waals surface area contributed by atoms with Crippen molar-refractivity contribution in [2.45, 2.75) is 39.2 Å². The average molecular weight is 210 g/mol. The molecule has 0 fully saturated rings. The molecule has 76 valence electrons. The molecule has 1 aliphatic rings. The van der Waals surface area contributed by atoms with Crippen molar-refractivity contribution in [3.63, 3.8) is 0 Å². The Hall–Kier alpha value is -0.830. The summed E-state index contributed by atoms with van der Waals surface area (Å²) in [5, 5.41) is 0. The summed E-state index contributed by atoms with van der Waals surface area (Å²) in [6.07, 6.45) is 3.47. The second-order valence-corrected chi connectivity index (χ2v) is 5.00. The van der Waals surface area contributed by atoms with E-state index < -0.39 is 0 Å². The molecule has 0 saturated heterocycles. The predicted molar refractivity (Wildman–Crippen MR) is 56.9 cm³/mol. The number of fused-ring (bicyclic) bond motifs is 1. The van der Waals surface area contributed by atoms with Crippen LogP contribution in [0.1, 0.15) is 40.4 Å². The first-order valence-corrected chi connectivity index (χ1v) is 5.81. The van der Waals surface area contributed by atoms with E-state index in [-0.39, 0.29) is 12.1 Å². The normalized spacial score (nSPS) is 14.5. The van der Waals surface area contributed by atoms with E-state index in [1.165, 1.54) is 16.9 Å². The minimum absolute atomic E-state index is 0.0283. The van der Waals surface area contributed by atoms with Crippen molar-refractivity contribution in [3.05, 3.63) is 21.4 Å². The Morgan fingerprint density at radius 3 is 2.93 bits per heavy atom. The monoisotopic (exact) mass is 210 g/mol. The van der Waals surface area contributed by atoms with E-state index in [9.17, 15) is 4.79 Å². The molecular formula is C11H14O2S. The van der Waals surface area contributed by atoms with Crippen LogP contribution in [0.3, 0.4) is 0 Å². The van der Waals surface area contributed by atoms with Gasteiger partial charge in [0.2, 0.25) is 0 Å². The third-order valence-corrected chi connectivity index (χ3v) is 3.51. The van der Waals surface area contributed by atoms with Gasteiger partial charge in [0.05, 0.1) is 6.10 Å². The van der Waals surface area contributed by atoms with Crippen LogP contribution in [0, 0.1) is 0 Å². The van der Waals surface area contributed by atoms with Gasteiger partial charge in [0.1, 0.15) is 4.88 Å². The smallest absolute Gasteiger partial charge is 0.348 e. The summed E-state index contributed by atoms with van der Waals surface area (Å²) in [6, 6.07) is 2.00. The van der Waals surface area contributed by atoms with Gasteiger partial charge >= 0.3 is 5.97 Å². The zero-order valence-corrected chi connectivity index (χ0v) is 9.32. The molecule has 1 aromatic heterocycles. The van der Waals surface area contributed by atoms with Crippen LogP contribution in [0.15, 0.2) is 6.07 Å². The maximum Gasteiger partial charge on any atom is 0.348 e. The Morgan fingerprint density at radius 1 is 1.50 bits per heavy atom. The van der Waals surface area contributed by atoms with Gasteiger partial charge < -0.3 is 4.74 Å². The molecule has 0 radical (unpaired) electrons. The minimum atomic E-state index is -0.167. The summed E-state index contributed by atoms with van der Waals surface area (Å²) < 4.78 is 5.14. The summed E-state index contributed by atoms with van der Waals surface area (Å²) in [4.78, 5) is 13.7. The Kier molecular flexibility index (Phi) is 2.59. The second kappa shape index (κ2) is 3.73. The number of hydrogen-bond acceptors (Lipinski definition) is 3. The highest BCUT2D eigenvalue weighted by molar-refractivity contribution is 7.14. The van der Waals surface area contributed by atoms with Crippen molar-refractivity contribution in [2.75, 3.05) is 0 Å². The van der Waals surface area contributed by atoms with Crippen molar-refractivity contribution >= 4 is 17.3 Å². The number of hydrogen-bond donors (Lipinski definition) is 0. The van der Waals surface area contributed by atoms with E-state index in [2.05, 4.69) is 0 Å². The third-order valence-electron chi connectivity index (χ3n) is 2.29. The molecule has 1 heterocycles. The van der Waals surface area contributed by atoms with Gasteiger partial charge in [-0.15, -0.1) is 11.3 Å². The Morgan fingerprint density at radius 2 is 2.29 bits per heavy atom. The fourth-order valence-corrected chi connectivity index (χ4v) is 2.84. The number of rotatable bonds is 2. The molecule has 0 spiro atoms. The van der Waals surface area contributed by atoms with E-state index in [1.54, 1.807) is 11.3 Å². The van der Waals surface area contributed by atoms with E-state index in [0.717, 1.165) is 17.7 Å². The van der Waals surface area contributed by atoms with Gasteiger partial charge in [-0.25, -0.2) is 4.79 Å². The SMILES string of the molecule is CC(C)OC(=O)c1cc2c(s1)CCC2. The summed E-state index contributed by atoms with van der Waals surface area (Å²) in [6.45, 7) is 3.75. The molecule has 14 heavy (non-hydrogen) atoms. The molecule has 3 heteroatoms. The Labute approximate surface area is 87.9 Å². The summed E-state index contributed by atoms with van der Waals surface area (Å²) >= 11 is 1.60. The number of thiophene rings is 1. The van der Waals surface area contributed by atoms with Crippen molar-refractivity contribution < 1.29 is 9.53 Å². The van der Waals surface area contributed by atoms with E-state index >= 15 is 0 Å². The van der Waals surface area contributed by atoms with Gasteiger partial charge in [-0.05, 0) is 44.7 Å². The van der Waals surface area contributed by atoms with Crippen molar-refractivity contribution in [3.8, 4) is 0 Å². The molecule has 0 aliphatic heterocycles. The molecule has 2 nitrogen and oxygen atoms in total. The maximum absolute atomic E-state index is 11.5. The summed E-state index contributed by atoms with van der Waals surface area (Å²) in [7, 11) is 0. The first-order chi connectivity index (χ1) is 6.66. The van der Waals surface area contributed by atoms with Crippen LogP contribution in [0.5, 0.6) is 0 Å². The maximum atomic E-state index is 11.5. The first kappa shape index (κ1) is 9.71. The quantitative estimate of drug-likeness (QED) is 0.702. The molecular weight excluding hydrogens is 196 g/mol. The molecule has 0 saturated carbocycles.